The van der Waals surface area contributed by atoms with Crippen LogP contribution in [0.3, 0.4) is 0 Å². The molecule has 3 fully saturated rings. The highest BCUT2D eigenvalue weighted by atomic mass is 35.5. The van der Waals surface area contributed by atoms with Crippen LogP contribution in [0.15, 0.2) is 24.5 Å². The highest BCUT2D eigenvalue weighted by Gasteiger charge is 2.45. The first kappa shape index (κ1) is 22.2. The van der Waals surface area contributed by atoms with Gasteiger partial charge in [0.1, 0.15) is 0 Å². The Morgan fingerprint density at radius 2 is 1.97 bits per heavy atom. The van der Waals surface area contributed by atoms with Gasteiger partial charge >= 0.3 is 0 Å². The van der Waals surface area contributed by atoms with Gasteiger partial charge in [-0.3, -0.25) is 4.90 Å². The second kappa shape index (κ2) is 8.45. The highest BCUT2D eigenvalue weighted by molar-refractivity contribution is 6.32. The van der Waals surface area contributed by atoms with Crippen molar-refractivity contribution in [1.82, 2.24) is 24.6 Å². The summed E-state index contributed by atoms with van der Waals surface area (Å²) in [6, 6.07) is 4.83. The van der Waals surface area contributed by atoms with Gasteiger partial charge in [-0.15, -0.1) is 0 Å². The van der Waals surface area contributed by atoms with E-state index in [1.165, 1.54) is 11.1 Å². The van der Waals surface area contributed by atoms with Gasteiger partial charge in [-0.05, 0) is 81.8 Å². The van der Waals surface area contributed by atoms with E-state index in [9.17, 15) is 5.11 Å². The van der Waals surface area contributed by atoms with Gasteiger partial charge in [0.2, 0.25) is 5.95 Å². The predicted octanol–water partition coefficient (Wildman–Crippen LogP) is 4.20. The van der Waals surface area contributed by atoms with Crippen LogP contribution < -0.4 is 5.32 Å². The third-order valence-corrected chi connectivity index (χ3v) is 8.26. The summed E-state index contributed by atoms with van der Waals surface area (Å²) in [4.78, 5) is 11.7. The first-order valence-electron chi connectivity index (χ1n) is 12.2. The fourth-order valence-electron chi connectivity index (χ4n) is 5.49. The lowest BCUT2D eigenvalue weighted by Gasteiger charge is -2.43. The minimum atomic E-state index is -0.418. The van der Waals surface area contributed by atoms with E-state index in [1.54, 1.807) is 6.20 Å². The van der Waals surface area contributed by atoms with Crippen molar-refractivity contribution in [2.75, 3.05) is 31.6 Å². The summed E-state index contributed by atoms with van der Waals surface area (Å²) in [6.07, 6.45) is 7.56. The number of ether oxygens (including phenoxy) is 1. The zero-order valence-electron chi connectivity index (χ0n) is 19.7. The molecule has 6 rings (SSSR count). The summed E-state index contributed by atoms with van der Waals surface area (Å²) in [7, 11) is 0. The maximum atomic E-state index is 10.4. The molecule has 3 aromatic rings. The van der Waals surface area contributed by atoms with Gasteiger partial charge in [0, 0.05) is 11.6 Å². The van der Waals surface area contributed by atoms with Crippen molar-refractivity contribution in [1.29, 1.82) is 0 Å². The summed E-state index contributed by atoms with van der Waals surface area (Å²) >= 11 is 6.51. The van der Waals surface area contributed by atoms with Crippen molar-refractivity contribution in [2.24, 2.45) is 0 Å². The molecule has 2 aromatic heterocycles. The average molecular weight is 483 g/mol. The van der Waals surface area contributed by atoms with E-state index in [1.807, 2.05) is 10.9 Å². The number of piperidine rings is 1. The molecule has 2 saturated heterocycles. The summed E-state index contributed by atoms with van der Waals surface area (Å²) in [5.74, 6) is 0.999. The van der Waals surface area contributed by atoms with Gasteiger partial charge < -0.3 is 15.2 Å². The smallest absolute Gasteiger partial charge is 0.227 e. The Morgan fingerprint density at radius 1 is 1.18 bits per heavy atom. The molecule has 1 saturated carbocycles. The highest BCUT2D eigenvalue weighted by Crippen LogP contribution is 2.39. The number of nitrogens with one attached hydrogen (secondary N) is 1. The zero-order valence-corrected chi connectivity index (χ0v) is 20.4. The number of fused-ring (bicyclic) bond motifs is 1. The van der Waals surface area contributed by atoms with Crippen molar-refractivity contribution in [3.8, 4) is 0 Å². The van der Waals surface area contributed by atoms with Gasteiger partial charge in [-0.1, -0.05) is 11.6 Å². The number of hydrogen-bond donors (Lipinski definition) is 2. The number of aliphatic hydroxyl groups is 1. The van der Waals surface area contributed by atoms with E-state index >= 15 is 0 Å². The number of halogens is 1. The van der Waals surface area contributed by atoms with Crippen molar-refractivity contribution in [3.05, 3.63) is 40.8 Å². The number of aryl methyl sites for hydroxylation is 1. The summed E-state index contributed by atoms with van der Waals surface area (Å²) in [5.41, 5.74) is 4.02. The Morgan fingerprint density at radius 3 is 2.68 bits per heavy atom. The van der Waals surface area contributed by atoms with E-state index < -0.39 is 6.10 Å². The third kappa shape index (κ3) is 3.86. The minimum absolute atomic E-state index is 0.272. The van der Waals surface area contributed by atoms with Crippen LogP contribution in [0, 0.1) is 6.92 Å². The van der Waals surface area contributed by atoms with Crippen LogP contribution in [-0.4, -0.2) is 67.7 Å². The largest absolute Gasteiger partial charge is 0.389 e. The number of hydrogen-bond acceptors (Lipinski definition) is 7. The topological polar surface area (TPSA) is 88.3 Å². The molecule has 34 heavy (non-hydrogen) atoms. The van der Waals surface area contributed by atoms with Gasteiger partial charge in [-0.2, -0.15) is 5.10 Å². The minimum Gasteiger partial charge on any atom is -0.389 e. The first-order chi connectivity index (χ1) is 16.4. The summed E-state index contributed by atoms with van der Waals surface area (Å²) in [6.45, 7) is 7.25. The number of aliphatic hydroxyl groups excluding tert-OH is 1. The second-order valence-corrected chi connectivity index (χ2v) is 10.6. The molecule has 0 unspecified atom stereocenters. The Hall–Kier alpha value is -2.26. The van der Waals surface area contributed by atoms with Crippen molar-refractivity contribution in [3.63, 3.8) is 0 Å². The van der Waals surface area contributed by atoms with Crippen LogP contribution in [0.1, 0.15) is 55.7 Å². The SMILES string of the molecule is Cc1cc2cnc(Nc3cnn(C4CC4)c3Cl)nc2cc1C1CCN([C@]2(C)COC[C@@H]2O)CC1. The molecule has 3 aliphatic rings. The third-order valence-electron chi connectivity index (χ3n) is 7.89. The van der Waals surface area contributed by atoms with Crippen LogP contribution in [0.5, 0.6) is 0 Å². The fraction of sp³-hybridized carbons (Fsp3) is 0.560. The lowest BCUT2D eigenvalue weighted by molar-refractivity contribution is -0.00214. The van der Waals surface area contributed by atoms with Gasteiger partial charge in [-0.25, -0.2) is 14.6 Å². The Bertz CT molecular complexity index is 1220. The van der Waals surface area contributed by atoms with Gasteiger partial charge in [0.15, 0.2) is 5.15 Å². The molecule has 0 bridgehead atoms. The van der Waals surface area contributed by atoms with E-state index in [0.29, 0.717) is 36.3 Å². The number of aromatic nitrogens is 4. The van der Waals surface area contributed by atoms with Crippen molar-refractivity contribution >= 4 is 34.1 Å². The Kier molecular flexibility index (Phi) is 5.52. The molecule has 2 N–H and O–H groups in total. The molecule has 1 aromatic carbocycles. The van der Waals surface area contributed by atoms with Crippen molar-refractivity contribution < 1.29 is 9.84 Å². The Balaban J connectivity index is 1.21. The number of nitrogens with zero attached hydrogens (tertiary/aromatic N) is 5. The van der Waals surface area contributed by atoms with E-state index in [-0.39, 0.29) is 5.54 Å². The maximum absolute atomic E-state index is 10.4. The van der Waals surface area contributed by atoms with Crippen LogP contribution in [0.25, 0.3) is 10.9 Å². The van der Waals surface area contributed by atoms with Crippen LogP contribution in [-0.2, 0) is 4.74 Å². The lowest BCUT2D eigenvalue weighted by atomic mass is 9.84. The zero-order chi connectivity index (χ0) is 23.4. The standard InChI is InChI=1S/C25H31ClN6O2/c1-15-9-17-11-27-24(30-21-12-28-32(23(21)26)18-3-4-18)29-20(17)10-19(15)16-5-7-31(8-6-16)25(2)14-34-13-22(25)33/h9-12,16,18,22,33H,3-8,13-14H2,1-2H3,(H,27,29,30)/t22-,25+/m0/s1. The fourth-order valence-corrected chi connectivity index (χ4v) is 5.77. The Labute approximate surface area is 204 Å². The molecule has 1 aliphatic carbocycles. The number of anilines is 2. The quantitative estimate of drug-likeness (QED) is 0.563. The number of rotatable bonds is 5. The van der Waals surface area contributed by atoms with Crippen molar-refractivity contribution in [2.45, 2.75) is 63.1 Å². The molecular weight excluding hydrogens is 452 g/mol. The molecule has 8 nitrogen and oxygen atoms in total. The first-order valence-corrected chi connectivity index (χ1v) is 12.6. The molecular formula is C25H31ClN6O2. The van der Waals surface area contributed by atoms with Gasteiger partial charge in [0.25, 0.3) is 0 Å². The molecule has 0 amide bonds. The maximum Gasteiger partial charge on any atom is 0.227 e. The molecule has 2 aliphatic heterocycles. The van der Waals surface area contributed by atoms with Crippen LogP contribution in [0.4, 0.5) is 11.6 Å². The molecule has 2 atom stereocenters. The number of likely N-dealkylation sites (tertiary alicyclic amines) is 1. The molecule has 0 radical (unpaired) electrons. The summed E-state index contributed by atoms with van der Waals surface area (Å²) in [5, 5.41) is 19.7. The van der Waals surface area contributed by atoms with E-state index in [0.717, 1.165) is 55.4 Å². The van der Waals surface area contributed by atoms with Crippen LogP contribution >= 0.6 is 11.6 Å². The molecule has 9 heteroatoms. The van der Waals surface area contributed by atoms with Crippen LogP contribution in [0.2, 0.25) is 5.15 Å². The predicted molar refractivity (Wildman–Crippen MR) is 132 cm³/mol. The normalized spacial score (nSPS) is 26.4. The molecule has 180 valence electrons. The summed E-state index contributed by atoms with van der Waals surface area (Å²) < 4.78 is 7.43. The second-order valence-electron chi connectivity index (χ2n) is 10.3. The average Bonchev–Trinajstić information content (AvgIpc) is 3.54. The van der Waals surface area contributed by atoms with E-state index in [4.69, 9.17) is 21.3 Å². The molecule has 0 spiro atoms. The molecule has 4 heterocycles. The van der Waals surface area contributed by atoms with Gasteiger partial charge in [0.05, 0.1) is 48.3 Å². The monoisotopic (exact) mass is 482 g/mol. The number of benzene rings is 1. The van der Waals surface area contributed by atoms with E-state index in [2.05, 4.69) is 46.3 Å². The lowest BCUT2D eigenvalue weighted by Crippen LogP contribution is -2.56.